The molecule has 0 radical (unpaired) electrons. The molecule has 1 atom stereocenters. The van der Waals surface area contributed by atoms with Crippen LogP contribution in [0.2, 0.25) is 0 Å². The van der Waals surface area contributed by atoms with Gasteiger partial charge in [-0.25, -0.2) is 0 Å². The number of benzene rings is 2. The van der Waals surface area contributed by atoms with E-state index in [-0.39, 0.29) is 24.2 Å². The molecule has 2 aromatic rings. The van der Waals surface area contributed by atoms with E-state index in [4.69, 9.17) is 9.47 Å². The monoisotopic (exact) mass is 382 g/mol. The number of amides is 2. The van der Waals surface area contributed by atoms with Gasteiger partial charge in [0.1, 0.15) is 5.75 Å². The summed E-state index contributed by atoms with van der Waals surface area (Å²) in [7, 11) is 1.65. The quantitative estimate of drug-likeness (QED) is 0.762. The van der Waals surface area contributed by atoms with Crippen molar-refractivity contribution in [2.45, 2.75) is 26.5 Å². The van der Waals surface area contributed by atoms with Crippen molar-refractivity contribution in [1.82, 2.24) is 5.32 Å². The highest BCUT2D eigenvalue weighted by molar-refractivity contribution is 6.01. The smallest absolute Gasteiger partial charge is 0.227 e. The van der Waals surface area contributed by atoms with Gasteiger partial charge >= 0.3 is 0 Å². The Kier molecular flexibility index (Phi) is 6.66. The van der Waals surface area contributed by atoms with Crippen LogP contribution in [0.1, 0.15) is 24.5 Å². The van der Waals surface area contributed by atoms with E-state index < -0.39 is 0 Å². The molecule has 1 aliphatic rings. The van der Waals surface area contributed by atoms with Gasteiger partial charge in [-0.2, -0.15) is 0 Å². The Labute approximate surface area is 165 Å². The Morgan fingerprint density at radius 1 is 1.14 bits per heavy atom. The first kappa shape index (κ1) is 19.9. The van der Waals surface area contributed by atoms with Crippen LogP contribution < -0.4 is 15.0 Å². The molecule has 0 spiro atoms. The molecule has 1 heterocycles. The maximum absolute atomic E-state index is 12.7. The number of hydrogen-bond acceptors (Lipinski definition) is 4. The number of carbonyl (C=O) groups excluding carboxylic acids is 2. The SMILES string of the molecule is CCOc1ccccc1N1CC(C(=O)NCc2ccccc2COC)CC1=O. The summed E-state index contributed by atoms with van der Waals surface area (Å²) >= 11 is 0. The summed E-state index contributed by atoms with van der Waals surface area (Å²) in [5.41, 5.74) is 2.77. The maximum atomic E-state index is 12.7. The summed E-state index contributed by atoms with van der Waals surface area (Å²) < 4.78 is 10.8. The maximum Gasteiger partial charge on any atom is 0.227 e. The molecule has 6 heteroatoms. The molecular weight excluding hydrogens is 356 g/mol. The Bertz CT molecular complexity index is 837. The normalized spacial score (nSPS) is 16.3. The topological polar surface area (TPSA) is 67.9 Å². The molecule has 3 rings (SSSR count). The summed E-state index contributed by atoms with van der Waals surface area (Å²) in [5, 5.41) is 2.97. The predicted molar refractivity (Wildman–Crippen MR) is 107 cm³/mol. The van der Waals surface area contributed by atoms with Crippen LogP contribution >= 0.6 is 0 Å². The Hall–Kier alpha value is -2.86. The van der Waals surface area contributed by atoms with Crippen LogP contribution in [-0.4, -0.2) is 32.1 Å². The van der Waals surface area contributed by atoms with Gasteiger partial charge in [-0.3, -0.25) is 9.59 Å². The highest BCUT2D eigenvalue weighted by Gasteiger charge is 2.36. The Morgan fingerprint density at radius 3 is 2.61 bits per heavy atom. The second-order valence-corrected chi connectivity index (χ2v) is 6.73. The second-order valence-electron chi connectivity index (χ2n) is 6.73. The molecule has 0 saturated carbocycles. The van der Waals surface area contributed by atoms with E-state index in [0.29, 0.717) is 32.1 Å². The lowest BCUT2D eigenvalue weighted by Gasteiger charge is -2.20. The lowest BCUT2D eigenvalue weighted by molar-refractivity contribution is -0.126. The number of nitrogens with zero attached hydrogens (tertiary/aromatic N) is 1. The summed E-state index contributed by atoms with van der Waals surface area (Å²) in [5.74, 6) is 0.105. The van der Waals surface area contributed by atoms with Crippen LogP contribution in [0.15, 0.2) is 48.5 Å². The van der Waals surface area contributed by atoms with E-state index in [1.165, 1.54) is 0 Å². The van der Waals surface area contributed by atoms with Crippen LogP contribution in [0.4, 0.5) is 5.69 Å². The summed E-state index contributed by atoms with van der Waals surface area (Å²) in [4.78, 5) is 26.8. The first-order valence-corrected chi connectivity index (χ1v) is 9.49. The highest BCUT2D eigenvalue weighted by atomic mass is 16.5. The molecule has 148 valence electrons. The van der Waals surface area contributed by atoms with Crippen molar-refractivity contribution in [2.24, 2.45) is 5.92 Å². The lowest BCUT2D eigenvalue weighted by Crippen LogP contribution is -2.33. The zero-order valence-corrected chi connectivity index (χ0v) is 16.3. The van der Waals surface area contributed by atoms with Crippen LogP contribution in [0.3, 0.4) is 0 Å². The number of methoxy groups -OCH3 is 1. The third kappa shape index (κ3) is 4.51. The molecule has 2 amide bonds. The summed E-state index contributed by atoms with van der Waals surface area (Å²) in [6, 6.07) is 15.3. The summed E-state index contributed by atoms with van der Waals surface area (Å²) in [6.07, 6.45) is 0.200. The zero-order chi connectivity index (χ0) is 19.9. The van der Waals surface area contributed by atoms with Gasteiger partial charge in [-0.1, -0.05) is 36.4 Å². The average Bonchev–Trinajstić information content (AvgIpc) is 3.09. The minimum Gasteiger partial charge on any atom is -0.492 e. The molecule has 1 fully saturated rings. The number of hydrogen-bond donors (Lipinski definition) is 1. The van der Waals surface area contributed by atoms with Gasteiger partial charge in [-0.15, -0.1) is 0 Å². The minimum atomic E-state index is -0.378. The first-order chi connectivity index (χ1) is 13.6. The largest absolute Gasteiger partial charge is 0.492 e. The van der Waals surface area contributed by atoms with Gasteiger partial charge in [0.15, 0.2) is 0 Å². The molecule has 1 saturated heterocycles. The standard InChI is InChI=1S/C22H26N2O4/c1-3-28-20-11-7-6-10-19(20)24-14-18(12-21(24)25)22(26)23-13-16-8-4-5-9-17(16)15-27-2/h4-11,18H,3,12-15H2,1-2H3,(H,23,26). The van der Waals surface area contributed by atoms with Gasteiger partial charge in [0.2, 0.25) is 11.8 Å². The van der Waals surface area contributed by atoms with E-state index in [1.54, 1.807) is 12.0 Å². The van der Waals surface area contributed by atoms with Crippen molar-refractivity contribution < 1.29 is 19.1 Å². The predicted octanol–water partition coefficient (Wildman–Crippen LogP) is 2.90. The number of anilines is 1. The Balaban J connectivity index is 1.65. The lowest BCUT2D eigenvalue weighted by atomic mass is 10.1. The number of nitrogens with one attached hydrogen (secondary N) is 1. The fraction of sp³-hybridized carbons (Fsp3) is 0.364. The highest BCUT2D eigenvalue weighted by Crippen LogP contribution is 2.33. The van der Waals surface area contributed by atoms with E-state index in [9.17, 15) is 9.59 Å². The van der Waals surface area contributed by atoms with Crippen LogP contribution in [0, 0.1) is 5.92 Å². The molecule has 0 aliphatic carbocycles. The van der Waals surface area contributed by atoms with Crippen LogP contribution in [0.25, 0.3) is 0 Å². The third-order valence-electron chi connectivity index (χ3n) is 4.82. The van der Waals surface area contributed by atoms with Crippen LogP contribution in [-0.2, 0) is 27.5 Å². The Morgan fingerprint density at radius 2 is 1.86 bits per heavy atom. The second kappa shape index (κ2) is 9.37. The molecule has 1 N–H and O–H groups in total. The average molecular weight is 382 g/mol. The number of para-hydroxylation sites is 2. The fourth-order valence-corrected chi connectivity index (χ4v) is 3.43. The van der Waals surface area contributed by atoms with Gasteiger partial charge in [0.05, 0.1) is 24.8 Å². The van der Waals surface area contributed by atoms with Crippen molar-refractivity contribution in [3.8, 4) is 5.75 Å². The van der Waals surface area contributed by atoms with Gasteiger partial charge in [0, 0.05) is 26.6 Å². The number of rotatable bonds is 8. The zero-order valence-electron chi connectivity index (χ0n) is 16.3. The molecule has 6 nitrogen and oxygen atoms in total. The van der Waals surface area contributed by atoms with Gasteiger partial charge in [-0.05, 0) is 30.2 Å². The first-order valence-electron chi connectivity index (χ1n) is 9.49. The van der Waals surface area contributed by atoms with E-state index in [0.717, 1.165) is 16.8 Å². The van der Waals surface area contributed by atoms with E-state index in [2.05, 4.69) is 5.32 Å². The molecular formula is C22H26N2O4. The van der Waals surface area contributed by atoms with E-state index >= 15 is 0 Å². The molecule has 0 aromatic heterocycles. The molecule has 1 unspecified atom stereocenters. The van der Waals surface area contributed by atoms with Gasteiger partial charge in [0.25, 0.3) is 0 Å². The van der Waals surface area contributed by atoms with Crippen molar-refractivity contribution in [3.63, 3.8) is 0 Å². The van der Waals surface area contributed by atoms with Crippen molar-refractivity contribution in [3.05, 3.63) is 59.7 Å². The van der Waals surface area contributed by atoms with Gasteiger partial charge < -0.3 is 19.7 Å². The van der Waals surface area contributed by atoms with E-state index in [1.807, 2.05) is 55.5 Å². The van der Waals surface area contributed by atoms with Crippen LogP contribution in [0.5, 0.6) is 5.75 Å². The number of carbonyl (C=O) groups is 2. The molecule has 2 aromatic carbocycles. The van der Waals surface area contributed by atoms with Crippen molar-refractivity contribution in [1.29, 1.82) is 0 Å². The van der Waals surface area contributed by atoms with Crippen molar-refractivity contribution in [2.75, 3.05) is 25.2 Å². The summed E-state index contributed by atoms with van der Waals surface area (Å²) in [6.45, 7) is 3.69. The van der Waals surface area contributed by atoms with Crippen molar-refractivity contribution >= 4 is 17.5 Å². The molecule has 1 aliphatic heterocycles. The molecule has 0 bridgehead atoms. The number of ether oxygens (including phenoxy) is 2. The minimum absolute atomic E-state index is 0.0629. The third-order valence-corrected chi connectivity index (χ3v) is 4.82. The fourth-order valence-electron chi connectivity index (χ4n) is 3.43. The molecule has 28 heavy (non-hydrogen) atoms.